The molecule has 0 aliphatic rings. The van der Waals surface area contributed by atoms with E-state index in [2.05, 4.69) is 9.97 Å². The molecule has 0 atom stereocenters. The number of nitrogens with zero attached hydrogens (tertiary/aromatic N) is 3. The predicted molar refractivity (Wildman–Crippen MR) is 72.3 cm³/mol. The minimum atomic E-state index is -0.290. The van der Waals surface area contributed by atoms with Gasteiger partial charge in [-0.15, -0.1) is 0 Å². The van der Waals surface area contributed by atoms with Crippen molar-refractivity contribution in [1.29, 1.82) is 0 Å². The Hall–Kier alpha value is -1.85. The van der Waals surface area contributed by atoms with Crippen LogP contribution in [0.4, 0.5) is 5.95 Å². The van der Waals surface area contributed by atoms with Crippen LogP contribution in [0.2, 0.25) is 0 Å². The molecule has 0 bridgehead atoms. The van der Waals surface area contributed by atoms with Crippen LogP contribution in [0, 0.1) is 0 Å². The fourth-order valence-corrected chi connectivity index (χ4v) is 1.53. The molecule has 19 heavy (non-hydrogen) atoms. The summed E-state index contributed by atoms with van der Waals surface area (Å²) in [7, 11) is 0. The molecule has 6 heteroatoms. The standard InChI is InChI=1S/C13H21N3O3/c1-5-18-11-7-8-14-13(15-11)16(10(3)4)9-12(17)19-6-2/h7-8,10H,5-6,9H2,1-4H3. The van der Waals surface area contributed by atoms with E-state index < -0.39 is 0 Å². The monoisotopic (exact) mass is 267 g/mol. The molecule has 0 saturated carbocycles. The minimum absolute atomic E-state index is 0.0845. The van der Waals surface area contributed by atoms with Crippen LogP contribution < -0.4 is 9.64 Å². The molecule has 106 valence electrons. The normalized spacial score (nSPS) is 10.4. The van der Waals surface area contributed by atoms with E-state index in [1.165, 1.54) is 0 Å². The van der Waals surface area contributed by atoms with Crippen molar-refractivity contribution < 1.29 is 14.3 Å². The van der Waals surface area contributed by atoms with Gasteiger partial charge in [-0.1, -0.05) is 0 Å². The summed E-state index contributed by atoms with van der Waals surface area (Å²) >= 11 is 0. The molecule has 0 radical (unpaired) electrons. The average molecular weight is 267 g/mol. The van der Waals surface area contributed by atoms with Crippen molar-refractivity contribution in [3.63, 3.8) is 0 Å². The molecular formula is C13H21N3O3. The first-order valence-corrected chi connectivity index (χ1v) is 6.46. The van der Waals surface area contributed by atoms with Crippen molar-refractivity contribution >= 4 is 11.9 Å². The Bertz CT molecular complexity index is 410. The number of carbonyl (C=O) groups is 1. The molecule has 0 aromatic carbocycles. The zero-order valence-corrected chi connectivity index (χ0v) is 11.9. The summed E-state index contributed by atoms with van der Waals surface area (Å²) in [6, 6.07) is 1.77. The predicted octanol–water partition coefficient (Wildman–Crippen LogP) is 1.65. The molecule has 1 aromatic heterocycles. The molecule has 0 aliphatic heterocycles. The molecule has 0 fully saturated rings. The van der Waals surface area contributed by atoms with Crippen LogP contribution in [0.15, 0.2) is 12.3 Å². The molecule has 0 amide bonds. The lowest BCUT2D eigenvalue weighted by Crippen LogP contribution is -2.37. The molecule has 0 saturated heterocycles. The van der Waals surface area contributed by atoms with Gasteiger partial charge in [0.15, 0.2) is 0 Å². The Morgan fingerprint density at radius 3 is 2.68 bits per heavy atom. The molecule has 1 rings (SSSR count). The molecule has 1 heterocycles. The van der Waals surface area contributed by atoms with Crippen molar-refractivity contribution in [2.24, 2.45) is 0 Å². The highest BCUT2D eigenvalue weighted by molar-refractivity contribution is 5.75. The smallest absolute Gasteiger partial charge is 0.325 e. The molecular weight excluding hydrogens is 246 g/mol. The Morgan fingerprint density at radius 2 is 2.11 bits per heavy atom. The molecule has 0 unspecified atom stereocenters. The SMILES string of the molecule is CCOC(=O)CN(c1nccc(OCC)n1)C(C)C. The molecule has 6 nitrogen and oxygen atoms in total. The Kier molecular flexibility index (Phi) is 6.05. The van der Waals surface area contributed by atoms with E-state index in [0.29, 0.717) is 25.0 Å². The van der Waals surface area contributed by atoms with Gasteiger partial charge in [0.1, 0.15) is 6.54 Å². The average Bonchev–Trinajstić information content (AvgIpc) is 2.37. The van der Waals surface area contributed by atoms with Crippen LogP contribution in [0.25, 0.3) is 0 Å². The number of anilines is 1. The zero-order chi connectivity index (χ0) is 14.3. The van der Waals surface area contributed by atoms with Crippen molar-refractivity contribution in [3.05, 3.63) is 12.3 Å². The van der Waals surface area contributed by atoms with Gasteiger partial charge in [0, 0.05) is 18.3 Å². The number of carbonyl (C=O) groups excluding carboxylic acids is 1. The van der Waals surface area contributed by atoms with E-state index in [0.717, 1.165) is 0 Å². The lowest BCUT2D eigenvalue weighted by atomic mass is 10.3. The Balaban J connectivity index is 2.86. The van der Waals surface area contributed by atoms with Gasteiger partial charge in [-0.05, 0) is 27.7 Å². The third kappa shape index (κ3) is 4.73. The van der Waals surface area contributed by atoms with Gasteiger partial charge in [0.2, 0.25) is 11.8 Å². The Morgan fingerprint density at radius 1 is 1.37 bits per heavy atom. The number of esters is 1. The van der Waals surface area contributed by atoms with E-state index in [1.807, 2.05) is 20.8 Å². The molecule has 1 aromatic rings. The van der Waals surface area contributed by atoms with E-state index >= 15 is 0 Å². The topological polar surface area (TPSA) is 64.5 Å². The summed E-state index contributed by atoms with van der Waals surface area (Å²) in [5, 5.41) is 0. The molecule has 0 spiro atoms. The summed E-state index contributed by atoms with van der Waals surface area (Å²) in [5.74, 6) is 0.678. The highest BCUT2D eigenvalue weighted by Gasteiger charge is 2.18. The van der Waals surface area contributed by atoms with Crippen LogP contribution in [0.5, 0.6) is 5.88 Å². The minimum Gasteiger partial charge on any atom is -0.478 e. The first-order valence-electron chi connectivity index (χ1n) is 6.46. The lowest BCUT2D eigenvalue weighted by Gasteiger charge is -2.25. The highest BCUT2D eigenvalue weighted by Crippen LogP contribution is 2.15. The maximum Gasteiger partial charge on any atom is 0.325 e. The van der Waals surface area contributed by atoms with E-state index in [4.69, 9.17) is 9.47 Å². The second kappa shape index (κ2) is 7.56. The number of hydrogen-bond donors (Lipinski definition) is 0. The van der Waals surface area contributed by atoms with Gasteiger partial charge in [0.25, 0.3) is 0 Å². The van der Waals surface area contributed by atoms with Crippen LogP contribution in [0.3, 0.4) is 0 Å². The number of rotatable bonds is 7. The van der Waals surface area contributed by atoms with Crippen LogP contribution in [0.1, 0.15) is 27.7 Å². The number of hydrogen-bond acceptors (Lipinski definition) is 6. The lowest BCUT2D eigenvalue weighted by molar-refractivity contribution is -0.141. The van der Waals surface area contributed by atoms with Gasteiger partial charge in [0.05, 0.1) is 13.2 Å². The third-order valence-corrected chi connectivity index (χ3v) is 2.39. The van der Waals surface area contributed by atoms with Gasteiger partial charge in [-0.25, -0.2) is 4.98 Å². The van der Waals surface area contributed by atoms with Gasteiger partial charge in [-0.3, -0.25) is 4.79 Å². The largest absolute Gasteiger partial charge is 0.478 e. The fraction of sp³-hybridized carbons (Fsp3) is 0.615. The highest BCUT2D eigenvalue weighted by atomic mass is 16.5. The number of ether oxygens (including phenoxy) is 2. The van der Waals surface area contributed by atoms with Gasteiger partial charge in [-0.2, -0.15) is 4.98 Å². The first-order chi connectivity index (χ1) is 9.08. The van der Waals surface area contributed by atoms with E-state index in [9.17, 15) is 4.79 Å². The molecule has 0 aliphatic carbocycles. The quantitative estimate of drug-likeness (QED) is 0.700. The second-order valence-corrected chi connectivity index (χ2v) is 4.15. The summed E-state index contributed by atoms with van der Waals surface area (Å²) in [5.41, 5.74) is 0. The Labute approximate surface area is 113 Å². The van der Waals surface area contributed by atoms with Crippen LogP contribution in [-0.4, -0.2) is 41.7 Å². The zero-order valence-electron chi connectivity index (χ0n) is 11.9. The fourth-order valence-electron chi connectivity index (χ4n) is 1.53. The van der Waals surface area contributed by atoms with Gasteiger partial charge >= 0.3 is 5.97 Å². The second-order valence-electron chi connectivity index (χ2n) is 4.15. The summed E-state index contributed by atoms with van der Waals surface area (Å²) in [4.78, 5) is 21.8. The maximum absolute atomic E-state index is 11.6. The van der Waals surface area contributed by atoms with Crippen molar-refractivity contribution in [1.82, 2.24) is 9.97 Å². The third-order valence-electron chi connectivity index (χ3n) is 2.39. The summed E-state index contributed by atoms with van der Waals surface area (Å²) in [6.45, 7) is 8.64. The molecule has 0 N–H and O–H groups in total. The van der Waals surface area contributed by atoms with Gasteiger partial charge < -0.3 is 14.4 Å². The van der Waals surface area contributed by atoms with Crippen LogP contribution in [-0.2, 0) is 9.53 Å². The van der Waals surface area contributed by atoms with Crippen molar-refractivity contribution in [3.8, 4) is 5.88 Å². The van der Waals surface area contributed by atoms with E-state index in [-0.39, 0.29) is 18.6 Å². The maximum atomic E-state index is 11.6. The van der Waals surface area contributed by atoms with Crippen molar-refractivity contribution in [2.45, 2.75) is 33.7 Å². The summed E-state index contributed by atoms with van der Waals surface area (Å²) in [6.07, 6.45) is 1.62. The van der Waals surface area contributed by atoms with Crippen molar-refractivity contribution in [2.75, 3.05) is 24.7 Å². The van der Waals surface area contributed by atoms with Crippen LogP contribution >= 0.6 is 0 Å². The first kappa shape index (κ1) is 15.2. The summed E-state index contributed by atoms with van der Waals surface area (Å²) < 4.78 is 10.3. The van der Waals surface area contributed by atoms with E-state index in [1.54, 1.807) is 24.1 Å². The number of aromatic nitrogens is 2.